The van der Waals surface area contributed by atoms with Gasteiger partial charge in [-0.2, -0.15) is 0 Å². The Morgan fingerprint density at radius 1 is 0.686 bits per heavy atom. The van der Waals surface area contributed by atoms with Crippen LogP contribution in [-0.2, 0) is 16.1 Å². The number of carbonyl (C=O) groups is 1. The first-order valence-electron chi connectivity index (χ1n) is 12.4. The Labute approximate surface area is 209 Å². The molecule has 0 saturated heterocycles. The Hall–Kier alpha value is -3.53. The van der Waals surface area contributed by atoms with E-state index in [1.165, 1.54) is 29.2 Å². The summed E-state index contributed by atoms with van der Waals surface area (Å²) in [4.78, 5) is 11.0. The van der Waals surface area contributed by atoms with Crippen molar-refractivity contribution in [1.29, 1.82) is 0 Å². The third-order valence-electron chi connectivity index (χ3n) is 5.79. The van der Waals surface area contributed by atoms with Gasteiger partial charge in [0.15, 0.2) is 0 Å². The highest BCUT2D eigenvalue weighted by atomic mass is 16.5. The van der Waals surface area contributed by atoms with Crippen molar-refractivity contribution in [2.75, 3.05) is 13.2 Å². The Morgan fingerprint density at radius 2 is 1.20 bits per heavy atom. The van der Waals surface area contributed by atoms with Crippen LogP contribution in [0.1, 0.15) is 49.7 Å². The van der Waals surface area contributed by atoms with Crippen LogP contribution in [0.5, 0.6) is 11.5 Å². The first kappa shape index (κ1) is 26.1. The SMILES string of the molecule is C=CC(=O)OCCCCCCCCOc1ccc(-c2ccc(COc3ccc(C)cc3)cc2)cc1. The van der Waals surface area contributed by atoms with E-state index in [2.05, 4.69) is 62.0 Å². The van der Waals surface area contributed by atoms with Gasteiger partial charge >= 0.3 is 5.97 Å². The molecule has 4 heteroatoms. The molecule has 35 heavy (non-hydrogen) atoms. The van der Waals surface area contributed by atoms with Crippen molar-refractivity contribution in [3.8, 4) is 22.6 Å². The second kappa shape index (κ2) is 14.7. The Bertz CT molecular complexity index is 1020. The molecule has 0 bridgehead atoms. The van der Waals surface area contributed by atoms with Crippen molar-refractivity contribution in [2.45, 2.75) is 52.1 Å². The van der Waals surface area contributed by atoms with Crippen molar-refractivity contribution < 1.29 is 19.0 Å². The largest absolute Gasteiger partial charge is 0.494 e. The molecule has 3 aromatic carbocycles. The number of unbranched alkanes of at least 4 members (excludes halogenated alkanes) is 5. The first-order valence-corrected chi connectivity index (χ1v) is 12.4. The van der Waals surface area contributed by atoms with Crippen molar-refractivity contribution >= 4 is 5.97 Å². The van der Waals surface area contributed by atoms with Crippen LogP contribution in [0.25, 0.3) is 11.1 Å². The molecular formula is C31H36O4. The molecule has 3 aromatic rings. The number of rotatable bonds is 15. The lowest BCUT2D eigenvalue weighted by Gasteiger charge is -2.09. The van der Waals surface area contributed by atoms with Crippen LogP contribution in [0, 0.1) is 6.92 Å². The van der Waals surface area contributed by atoms with Crippen LogP contribution in [0.4, 0.5) is 0 Å². The van der Waals surface area contributed by atoms with Gasteiger partial charge in [-0.1, -0.05) is 86.4 Å². The number of carbonyl (C=O) groups excluding carboxylic acids is 1. The average molecular weight is 473 g/mol. The number of aryl methyl sites for hydroxylation is 1. The molecule has 3 rings (SSSR count). The summed E-state index contributed by atoms with van der Waals surface area (Å²) < 4.78 is 16.7. The van der Waals surface area contributed by atoms with Crippen molar-refractivity contribution in [1.82, 2.24) is 0 Å². The topological polar surface area (TPSA) is 44.8 Å². The molecule has 0 heterocycles. The van der Waals surface area contributed by atoms with Crippen LogP contribution in [0.2, 0.25) is 0 Å². The maximum atomic E-state index is 11.0. The first-order chi connectivity index (χ1) is 17.1. The second-order valence-corrected chi connectivity index (χ2v) is 8.66. The molecule has 0 radical (unpaired) electrons. The fourth-order valence-corrected chi connectivity index (χ4v) is 3.67. The Morgan fingerprint density at radius 3 is 1.83 bits per heavy atom. The van der Waals surface area contributed by atoms with Gasteiger partial charge in [-0.05, 0) is 60.7 Å². The smallest absolute Gasteiger partial charge is 0.330 e. The maximum Gasteiger partial charge on any atom is 0.330 e. The summed E-state index contributed by atoms with van der Waals surface area (Å²) in [5.41, 5.74) is 4.72. The van der Waals surface area contributed by atoms with Crippen LogP contribution >= 0.6 is 0 Å². The van der Waals surface area contributed by atoms with E-state index >= 15 is 0 Å². The monoisotopic (exact) mass is 472 g/mol. The number of ether oxygens (including phenoxy) is 3. The van der Waals surface area contributed by atoms with Crippen molar-refractivity contribution in [3.05, 3.63) is 96.6 Å². The number of benzene rings is 3. The Balaban J connectivity index is 1.30. The molecule has 0 fully saturated rings. The lowest BCUT2D eigenvalue weighted by atomic mass is 10.0. The lowest BCUT2D eigenvalue weighted by molar-refractivity contribution is -0.137. The average Bonchev–Trinajstić information content (AvgIpc) is 2.90. The molecule has 0 unspecified atom stereocenters. The van der Waals surface area contributed by atoms with E-state index in [4.69, 9.17) is 14.2 Å². The molecule has 0 spiro atoms. The molecular weight excluding hydrogens is 436 g/mol. The zero-order valence-electron chi connectivity index (χ0n) is 20.7. The minimum absolute atomic E-state index is 0.340. The summed E-state index contributed by atoms with van der Waals surface area (Å²) in [5, 5.41) is 0. The minimum atomic E-state index is -0.340. The van der Waals surface area contributed by atoms with E-state index in [1.807, 2.05) is 24.3 Å². The third-order valence-corrected chi connectivity index (χ3v) is 5.79. The summed E-state index contributed by atoms with van der Waals surface area (Å²) in [7, 11) is 0. The molecule has 4 nitrogen and oxygen atoms in total. The highest BCUT2D eigenvalue weighted by molar-refractivity contribution is 5.81. The highest BCUT2D eigenvalue weighted by Crippen LogP contribution is 2.24. The number of hydrogen-bond acceptors (Lipinski definition) is 4. The van der Waals surface area contributed by atoms with Crippen LogP contribution in [-0.4, -0.2) is 19.2 Å². The highest BCUT2D eigenvalue weighted by Gasteiger charge is 2.02. The summed E-state index contributed by atoms with van der Waals surface area (Å²) >= 11 is 0. The fraction of sp³-hybridized carbons (Fsp3) is 0.323. The van der Waals surface area contributed by atoms with Crippen LogP contribution in [0.3, 0.4) is 0 Å². The predicted molar refractivity (Wildman–Crippen MR) is 142 cm³/mol. The Kier molecular flexibility index (Phi) is 10.9. The second-order valence-electron chi connectivity index (χ2n) is 8.66. The summed E-state index contributed by atoms with van der Waals surface area (Å²) in [5.74, 6) is 1.45. The molecule has 0 amide bonds. The van der Waals surface area contributed by atoms with E-state index in [1.54, 1.807) is 0 Å². The van der Waals surface area contributed by atoms with Gasteiger partial charge < -0.3 is 14.2 Å². The third kappa shape index (κ3) is 9.70. The van der Waals surface area contributed by atoms with E-state index in [-0.39, 0.29) is 5.97 Å². The van der Waals surface area contributed by atoms with E-state index < -0.39 is 0 Å². The van der Waals surface area contributed by atoms with Gasteiger partial charge in [0.05, 0.1) is 13.2 Å². The molecule has 0 N–H and O–H groups in total. The van der Waals surface area contributed by atoms with E-state index in [0.29, 0.717) is 13.2 Å². The zero-order chi connectivity index (χ0) is 24.7. The quantitative estimate of drug-likeness (QED) is 0.129. The normalized spacial score (nSPS) is 10.5. The molecule has 0 aliphatic rings. The summed E-state index contributed by atoms with van der Waals surface area (Å²) in [6, 6.07) is 24.9. The van der Waals surface area contributed by atoms with Gasteiger partial charge in [-0.25, -0.2) is 4.79 Å². The van der Waals surface area contributed by atoms with Gasteiger partial charge in [0.25, 0.3) is 0 Å². The molecule has 0 aliphatic heterocycles. The maximum absolute atomic E-state index is 11.0. The molecule has 0 atom stereocenters. The minimum Gasteiger partial charge on any atom is -0.494 e. The van der Waals surface area contributed by atoms with Crippen molar-refractivity contribution in [2.24, 2.45) is 0 Å². The predicted octanol–water partition coefficient (Wildman–Crippen LogP) is 7.69. The van der Waals surface area contributed by atoms with Gasteiger partial charge in [0.1, 0.15) is 18.1 Å². The van der Waals surface area contributed by atoms with E-state index in [0.717, 1.165) is 55.8 Å². The van der Waals surface area contributed by atoms with Gasteiger partial charge in [-0.15, -0.1) is 0 Å². The summed E-state index contributed by atoms with van der Waals surface area (Å²) in [6.07, 6.45) is 7.69. The van der Waals surface area contributed by atoms with E-state index in [9.17, 15) is 4.79 Å². The molecule has 0 aromatic heterocycles. The van der Waals surface area contributed by atoms with Gasteiger partial charge in [-0.3, -0.25) is 0 Å². The number of hydrogen-bond donors (Lipinski definition) is 0. The molecule has 0 saturated carbocycles. The van der Waals surface area contributed by atoms with Crippen LogP contribution in [0.15, 0.2) is 85.5 Å². The van der Waals surface area contributed by atoms with Crippen LogP contribution < -0.4 is 9.47 Å². The van der Waals surface area contributed by atoms with Gasteiger partial charge in [0.2, 0.25) is 0 Å². The standard InChI is InChI=1S/C31H36O4/c1-3-31(32)34-23-9-7-5-4-6-8-22-33-29-20-16-28(17-21-29)27-14-12-26(13-15-27)24-35-30-18-10-25(2)11-19-30/h3,10-21H,1,4-9,22-24H2,2H3. The number of esters is 1. The lowest BCUT2D eigenvalue weighted by Crippen LogP contribution is -2.01. The molecule has 184 valence electrons. The van der Waals surface area contributed by atoms with Gasteiger partial charge in [0, 0.05) is 6.08 Å². The fourth-order valence-electron chi connectivity index (χ4n) is 3.67. The molecule has 0 aliphatic carbocycles. The zero-order valence-corrected chi connectivity index (χ0v) is 20.7. The van der Waals surface area contributed by atoms with Crippen molar-refractivity contribution in [3.63, 3.8) is 0 Å². The summed E-state index contributed by atoms with van der Waals surface area (Å²) in [6.45, 7) is 7.22.